The quantitative estimate of drug-likeness (QED) is 0.860. The van der Waals surface area contributed by atoms with E-state index in [1.807, 2.05) is 10.6 Å². The summed E-state index contributed by atoms with van der Waals surface area (Å²) in [6.45, 7) is 0.949. The molecule has 1 unspecified atom stereocenters. The molecule has 3 heterocycles. The highest BCUT2D eigenvalue weighted by molar-refractivity contribution is 5.69. The number of alkyl halides is 1. The molecular formula is C17H18F2N2O. The Balaban J connectivity index is 1.62. The zero-order chi connectivity index (χ0) is 15.2. The van der Waals surface area contributed by atoms with Crippen LogP contribution in [0, 0.1) is 5.82 Å². The smallest absolute Gasteiger partial charge is 0.129 e. The molecule has 5 heteroatoms. The summed E-state index contributed by atoms with van der Waals surface area (Å²) in [4.78, 5) is 4.16. The number of halogens is 2. The van der Waals surface area contributed by atoms with Gasteiger partial charge in [-0.2, -0.15) is 0 Å². The minimum Gasteiger partial charge on any atom is -0.381 e. The van der Waals surface area contributed by atoms with Crippen LogP contribution in [-0.2, 0) is 4.74 Å². The maximum Gasteiger partial charge on any atom is 0.129 e. The molecule has 0 N–H and O–H groups in total. The average molecular weight is 304 g/mol. The van der Waals surface area contributed by atoms with Crippen molar-refractivity contribution in [1.29, 1.82) is 0 Å². The highest BCUT2D eigenvalue weighted by Crippen LogP contribution is 2.44. The topological polar surface area (TPSA) is 27.1 Å². The summed E-state index contributed by atoms with van der Waals surface area (Å²) in [6, 6.07) is 4.93. The van der Waals surface area contributed by atoms with Crippen LogP contribution < -0.4 is 0 Å². The summed E-state index contributed by atoms with van der Waals surface area (Å²) in [5.74, 6) is -0.217. The molecule has 2 aromatic rings. The predicted molar refractivity (Wildman–Crippen MR) is 78.9 cm³/mol. The van der Waals surface area contributed by atoms with Gasteiger partial charge in [0, 0.05) is 37.2 Å². The van der Waals surface area contributed by atoms with E-state index in [4.69, 9.17) is 4.74 Å². The molecule has 1 aromatic carbocycles. The Bertz CT molecular complexity index is 692. The van der Waals surface area contributed by atoms with Crippen LogP contribution in [0.4, 0.5) is 8.78 Å². The molecule has 1 fully saturated rings. The first-order chi connectivity index (χ1) is 10.7. The second kappa shape index (κ2) is 5.16. The molecule has 0 spiro atoms. The molecule has 0 bridgehead atoms. The van der Waals surface area contributed by atoms with Gasteiger partial charge in [-0.25, -0.2) is 13.8 Å². The highest BCUT2D eigenvalue weighted by Gasteiger charge is 2.36. The fourth-order valence-corrected chi connectivity index (χ4v) is 3.67. The van der Waals surface area contributed by atoms with E-state index in [0.29, 0.717) is 44.5 Å². The van der Waals surface area contributed by atoms with Gasteiger partial charge in [-0.3, -0.25) is 0 Å². The Morgan fingerprint density at radius 3 is 2.95 bits per heavy atom. The van der Waals surface area contributed by atoms with Crippen molar-refractivity contribution in [3.05, 3.63) is 42.1 Å². The number of aromatic nitrogens is 2. The van der Waals surface area contributed by atoms with Crippen LogP contribution in [0.3, 0.4) is 0 Å². The van der Waals surface area contributed by atoms with Crippen LogP contribution in [0.2, 0.25) is 0 Å². The van der Waals surface area contributed by atoms with Crippen LogP contribution >= 0.6 is 0 Å². The van der Waals surface area contributed by atoms with E-state index in [0.717, 1.165) is 11.3 Å². The number of hydrogen-bond acceptors (Lipinski definition) is 2. The van der Waals surface area contributed by atoms with Gasteiger partial charge in [0.15, 0.2) is 0 Å². The minimum absolute atomic E-state index is 0.163. The van der Waals surface area contributed by atoms with Gasteiger partial charge in [0.2, 0.25) is 0 Å². The molecule has 0 aliphatic carbocycles. The van der Waals surface area contributed by atoms with Crippen molar-refractivity contribution in [1.82, 2.24) is 9.55 Å². The molecule has 0 amide bonds. The van der Waals surface area contributed by atoms with Crippen LogP contribution in [0.1, 0.15) is 37.3 Å². The lowest BCUT2D eigenvalue weighted by Gasteiger charge is -2.30. The fourth-order valence-electron chi connectivity index (χ4n) is 3.67. The average Bonchev–Trinajstić information content (AvgIpc) is 3.08. The second-order valence-corrected chi connectivity index (χ2v) is 6.20. The molecule has 2 aliphatic rings. The first-order valence-electron chi connectivity index (χ1n) is 7.75. The molecule has 0 saturated carbocycles. The van der Waals surface area contributed by atoms with E-state index in [1.165, 1.54) is 6.07 Å². The number of benzene rings is 1. The summed E-state index contributed by atoms with van der Waals surface area (Å²) in [5, 5.41) is 0. The van der Waals surface area contributed by atoms with Gasteiger partial charge in [-0.05, 0) is 18.9 Å². The number of fused-ring (bicyclic) bond motifs is 3. The lowest BCUT2D eigenvalue weighted by atomic mass is 9.88. The summed E-state index contributed by atoms with van der Waals surface area (Å²) < 4.78 is 36.3. The van der Waals surface area contributed by atoms with Gasteiger partial charge >= 0.3 is 0 Å². The molecule has 3 nitrogen and oxygen atoms in total. The van der Waals surface area contributed by atoms with E-state index in [1.54, 1.807) is 18.6 Å². The zero-order valence-electron chi connectivity index (χ0n) is 12.3. The first kappa shape index (κ1) is 13.9. The van der Waals surface area contributed by atoms with Gasteiger partial charge in [0.05, 0.1) is 24.3 Å². The Morgan fingerprint density at radius 2 is 2.14 bits per heavy atom. The molecule has 116 valence electrons. The molecule has 4 rings (SSSR count). The fraction of sp³-hybridized carbons (Fsp3) is 0.471. The zero-order valence-corrected chi connectivity index (χ0v) is 12.3. The lowest BCUT2D eigenvalue weighted by molar-refractivity contribution is -0.0152. The van der Waals surface area contributed by atoms with Crippen molar-refractivity contribution in [3.8, 4) is 11.3 Å². The van der Waals surface area contributed by atoms with Crippen LogP contribution in [-0.4, -0.2) is 28.4 Å². The lowest BCUT2D eigenvalue weighted by Crippen LogP contribution is -2.32. The SMILES string of the molecule is Fc1cccc2c1C(CCC1(F)CCOCC1)n1cncc1-2. The van der Waals surface area contributed by atoms with Gasteiger partial charge in [-0.1, -0.05) is 12.1 Å². The van der Waals surface area contributed by atoms with Gasteiger partial charge in [0.1, 0.15) is 11.5 Å². The van der Waals surface area contributed by atoms with Crippen molar-refractivity contribution in [2.45, 2.75) is 37.4 Å². The number of imidazole rings is 1. The van der Waals surface area contributed by atoms with Crippen LogP contribution in [0.25, 0.3) is 11.3 Å². The normalized spacial score (nSPS) is 22.4. The monoisotopic (exact) mass is 304 g/mol. The summed E-state index contributed by atoms with van der Waals surface area (Å²) >= 11 is 0. The number of nitrogens with zero attached hydrogens (tertiary/aromatic N) is 2. The number of ether oxygens (including phenoxy) is 1. The van der Waals surface area contributed by atoms with Gasteiger partial charge < -0.3 is 9.30 Å². The van der Waals surface area contributed by atoms with Crippen molar-refractivity contribution in [2.75, 3.05) is 13.2 Å². The Morgan fingerprint density at radius 1 is 1.32 bits per heavy atom. The molecule has 1 atom stereocenters. The molecule has 2 aliphatic heterocycles. The molecule has 1 aromatic heterocycles. The third kappa shape index (κ3) is 2.15. The van der Waals surface area contributed by atoms with Crippen LogP contribution in [0.5, 0.6) is 0 Å². The highest BCUT2D eigenvalue weighted by atomic mass is 19.1. The predicted octanol–water partition coefficient (Wildman–Crippen LogP) is 3.89. The Kier molecular flexibility index (Phi) is 3.26. The van der Waals surface area contributed by atoms with E-state index < -0.39 is 5.67 Å². The van der Waals surface area contributed by atoms with Crippen molar-refractivity contribution < 1.29 is 13.5 Å². The largest absolute Gasteiger partial charge is 0.381 e. The summed E-state index contributed by atoms with van der Waals surface area (Å²) in [7, 11) is 0. The van der Waals surface area contributed by atoms with Crippen LogP contribution in [0.15, 0.2) is 30.7 Å². The van der Waals surface area contributed by atoms with E-state index in [-0.39, 0.29) is 11.9 Å². The Labute approximate surface area is 127 Å². The van der Waals surface area contributed by atoms with Crippen molar-refractivity contribution in [3.63, 3.8) is 0 Å². The minimum atomic E-state index is -1.19. The number of rotatable bonds is 3. The van der Waals surface area contributed by atoms with E-state index in [9.17, 15) is 8.78 Å². The first-order valence-corrected chi connectivity index (χ1v) is 7.75. The molecule has 22 heavy (non-hydrogen) atoms. The maximum atomic E-state index is 14.8. The molecular weight excluding hydrogens is 286 g/mol. The third-order valence-electron chi connectivity index (χ3n) is 4.92. The maximum absolute atomic E-state index is 14.8. The van der Waals surface area contributed by atoms with E-state index in [2.05, 4.69) is 4.98 Å². The summed E-state index contributed by atoms with van der Waals surface area (Å²) in [6.07, 6.45) is 5.33. The summed E-state index contributed by atoms with van der Waals surface area (Å²) in [5.41, 5.74) is 1.28. The standard InChI is InChI=1S/C17H18F2N2O/c18-13-3-1-2-12-15-10-20-11-21(15)14(16(12)13)4-5-17(19)6-8-22-9-7-17/h1-3,10-11,14H,4-9H2. The van der Waals surface area contributed by atoms with E-state index >= 15 is 0 Å². The number of hydrogen-bond donors (Lipinski definition) is 0. The van der Waals surface area contributed by atoms with Gasteiger partial charge in [0.25, 0.3) is 0 Å². The molecule has 0 radical (unpaired) electrons. The third-order valence-corrected chi connectivity index (χ3v) is 4.92. The second-order valence-electron chi connectivity index (χ2n) is 6.20. The van der Waals surface area contributed by atoms with Crippen molar-refractivity contribution in [2.24, 2.45) is 0 Å². The van der Waals surface area contributed by atoms with Crippen molar-refractivity contribution >= 4 is 0 Å². The Hall–Kier alpha value is -1.75. The van der Waals surface area contributed by atoms with Gasteiger partial charge in [-0.15, -0.1) is 0 Å². The molecule has 1 saturated heterocycles.